The van der Waals surface area contributed by atoms with Crippen LogP contribution in [0.4, 0.5) is 0 Å². The second-order valence-electron chi connectivity index (χ2n) is 8.52. The summed E-state index contributed by atoms with van der Waals surface area (Å²) in [4.78, 5) is 28.1. The highest BCUT2D eigenvalue weighted by Crippen LogP contribution is 2.25. The number of nitrogens with two attached hydrogens (primary N) is 1. The summed E-state index contributed by atoms with van der Waals surface area (Å²) < 4.78 is 5.60. The summed E-state index contributed by atoms with van der Waals surface area (Å²) in [6.07, 6.45) is 0.542. The molecule has 1 aromatic heterocycles. The van der Waals surface area contributed by atoms with E-state index in [-0.39, 0.29) is 5.92 Å². The fourth-order valence-electron chi connectivity index (χ4n) is 3.08. The summed E-state index contributed by atoms with van der Waals surface area (Å²) in [7, 11) is 0. The molecule has 4 N–H and O–H groups in total. The van der Waals surface area contributed by atoms with Crippen LogP contribution in [0.3, 0.4) is 0 Å². The first-order valence-corrected chi connectivity index (χ1v) is 9.34. The van der Waals surface area contributed by atoms with Gasteiger partial charge in [-0.3, -0.25) is 10.1 Å². The van der Waals surface area contributed by atoms with Crippen molar-refractivity contribution in [1.29, 1.82) is 0 Å². The normalized spacial score (nSPS) is 14.3. The van der Waals surface area contributed by atoms with E-state index < -0.39 is 29.6 Å². The quantitative estimate of drug-likeness (QED) is 0.648. The molecule has 2 aromatic rings. The molecule has 0 bridgehead atoms. The van der Waals surface area contributed by atoms with E-state index in [4.69, 9.17) is 10.5 Å². The second kappa shape index (κ2) is 8.13. The summed E-state index contributed by atoms with van der Waals surface area (Å²) in [5.41, 5.74) is 7.72. The Balaban J connectivity index is 2.40. The summed E-state index contributed by atoms with van der Waals surface area (Å²) in [6, 6.07) is 6.36. The Morgan fingerprint density at radius 3 is 2.44 bits per heavy atom. The number of carbonyl (C=O) groups is 2. The number of carbonyl (C=O) groups excluding carboxylic acids is 2. The minimum Gasteiger partial charge on any atom is -0.459 e. The van der Waals surface area contributed by atoms with Crippen LogP contribution >= 0.6 is 0 Å². The van der Waals surface area contributed by atoms with Gasteiger partial charge < -0.3 is 15.5 Å². The molecule has 1 amide bonds. The van der Waals surface area contributed by atoms with Crippen LogP contribution in [0.2, 0.25) is 0 Å². The van der Waals surface area contributed by atoms with Crippen molar-refractivity contribution in [2.45, 2.75) is 65.6 Å². The lowest BCUT2D eigenvalue weighted by atomic mass is 9.99. The molecule has 0 saturated carbocycles. The highest BCUT2D eigenvalue weighted by atomic mass is 16.6. The predicted molar refractivity (Wildman–Crippen MR) is 107 cm³/mol. The molecule has 0 aliphatic heterocycles. The lowest BCUT2D eigenvalue weighted by Gasteiger charge is -2.28. The van der Waals surface area contributed by atoms with E-state index in [0.29, 0.717) is 6.42 Å². The van der Waals surface area contributed by atoms with Gasteiger partial charge in [0.05, 0.1) is 6.04 Å². The number of fused-ring (bicyclic) bond motifs is 1. The number of amides is 1. The molecule has 2 unspecified atom stereocenters. The Bertz CT molecular complexity index is 818. The van der Waals surface area contributed by atoms with E-state index in [1.165, 1.54) is 0 Å². The number of hydrogen-bond donors (Lipinski definition) is 3. The first kappa shape index (κ1) is 21.0. The molecule has 1 aromatic carbocycles. The van der Waals surface area contributed by atoms with Gasteiger partial charge in [-0.25, -0.2) is 4.79 Å². The smallest absolute Gasteiger partial charge is 0.328 e. The van der Waals surface area contributed by atoms with Gasteiger partial charge in [-0.1, -0.05) is 19.9 Å². The van der Waals surface area contributed by atoms with E-state index >= 15 is 0 Å². The average Bonchev–Trinajstić information content (AvgIpc) is 2.87. The molecule has 1 heterocycles. The average molecular weight is 373 g/mol. The van der Waals surface area contributed by atoms with Crippen LogP contribution in [0.5, 0.6) is 0 Å². The van der Waals surface area contributed by atoms with Gasteiger partial charge in [0.15, 0.2) is 0 Å². The number of esters is 1. The maximum Gasteiger partial charge on any atom is 0.328 e. The van der Waals surface area contributed by atoms with Crippen molar-refractivity contribution < 1.29 is 14.3 Å². The number of aryl methyl sites for hydroxylation is 1. The summed E-state index contributed by atoms with van der Waals surface area (Å²) in [5.74, 6) is -0.649. The van der Waals surface area contributed by atoms with Crippen LogP contribution in [0.1, 0.15) is 58.3 Å². The first-order chi connectivity index (χ1) is 12.5. The molecular formula is C21H31N3O3. The standard InChI is InChI=1S/C21H31N3O3/c1-12(2)9-17(19(22)25)24-18(20(26)27-21(4,5)6)14-7-8-16-15(11-14)10-13(3)23-16/h7-8,10-12,17-18,23-24H,9H2,1-6H3,(H2,22,25). The molecule has 0 saturated heterocycles. The highest BCUT2D eigenvalue weighted by molar-refractivity contribution is 5.86. The zero-order valence-corrected chi connectivity index (χ0v) is 17.1. The summed E-state index contributed by atoms with van der Waals surface area (Å²) >= 11 is 0. The third-order valence-corrected chi connectivity index (χ3v) is 4.17. The van der Waals surface area contributed by atoms with Gasteiger partial charge in [0.1, 0.15) is 11.6 Å². The lowest BCUT2D eigenvalue weighted by molar-refractivity contribution is -0.158. The number of ether oxygens (including phenoxy) is 1. The van der Waals surface area contributed by atoms with Crippen LogP contribution in [0.25, 0.3) is 10.9 Å². The van der Waals surface area contributed by atoms with E-state index in [2.05, 4.69) is 10.3 Å². The van der Waals surface area contributed by atoms with Gasteiger partial charge in [-0.15, -0.1) is 0 Å². The number of hydrogen-bond acceptors (Lipinski definition) is 4. The Morgan fingerprint density at radius 2 is 1.89 bits per heavy atom. The molecule has 0 spiro atoms. The van der Waals surface area contributed by atoms with Crippen molar-refractivity contribution >= 4 is 22.8 Å². The fraction of sp³-hybridized carbons (Fsp3) is 0.524. The number of H-pyrrole nitrogens is 1. The number of aromatic nitrogens is 1. The molecule has 2 atom stereocenters. The van der Waals surface area contributed by atoms with Crippen molar-refractivity contribution in [2.75, 3.05) is 0 Å². The number of benzene rings is 1. The SMILES string of the molecule is Cc1cc2cc(C(NC(CC(C)C)C(N)=O)C(=O)OC(C)(C)C)ccc2[nH]1. The van der Waals surface area contributed by atoms with E-state index in [9.17, 15) is 9.59 Å². The number of aromatic amines is 1. The van der Waals surface area contributed by atoms with Crippen LogP contribution in [-0.4, -0.2) is 28.5 Å². The Labute approximate surface area is 160 Å². The van der Waals surface area contributed by atoms with Gasteiger partial charge in [-0.2, -0.15) is 0 Å². The van der Waals surface area contributed by atoms with Gasteiger partial charge in [0.25, 0.3) is 0 Å². The van der Waals surface area contributed by atoms with Crippen molar-refractivity contribution in [3.05, 3.63) is 35.5 Å². The number of nitrogens with one attached hydrogen (secondary N) is 2. The topological polar surface area (TPSA) is 97.2 Å². The summed E-state index contributed by atoms with van der Waals surface area (Å²) in [6.45, 7) is 11.5. The van der Waals surface area contributed by atoms with Crippen LogP contribution < -0.4 is 11.1 Å². The fourth-order valence-corrected chi connectivity index (χ4v) is 3.08. The molecule has 6 heteroatoms. The molecule has 0 fully saturated rings. The highest BCUT2D eigenvalue weighted by Gasteiger charge is 2.31. The Kier molecular flexibility index (Phi) is 6.31. The van der Waals surface area contributed by atoms with Gasteiger partial charge >= 0.3 is 5.97 Å². The molecule has 2 rings (SSSR count). The Hall–Kier alpha value is -2.34. The first-order valence-electron chi connectivity index (χ1n) is 9.34. The maximum absolute atomic E-state index is 12.9. The second-order valence-corrected chi connectivity index (χ2v) is 8.52. The monoisotopic (exact) mass is 373 g/mol. The molecule has 0 radical (unpaired) electrons. The molecule has 0 aliphatic rings. The van der Waals surface area contributed by atoms with E-state index in [1.54, 1.807) is 0 Å². The van der Waals surface area contributed by atoms with Crippen molar-refractivity contribution in [3.63, 3.8) is 0 Å². The third kappa shape index (κ3) is 5.82. The van der Waals surface area contributed by atoms with Gasteiger partial charge in [0, 0.05) is 11.2 Å². The van der Waals surface area contributed by atoms with E-state index in [0.717, 1.165) is 22.2 Å². The van der Waals surface area contributed by atoms with Crippen molar-refractivity contribution in [1.82, 2.24) is 10.3 Å². The Morgan fingerprint density at radius 1 is 1.22 bits per heavy atom. The maximum atomic E-state index is 12.9. The lowest BCUT2D eigenvalue weighted by Crippen LogP contribution is -2.47. The molecule has 27 heavy (non-hydrogen) atoms. The number of rotatable bonds is 7. The van der Waals surface area contributed by atoms with Crippen molar-refractivity contribution in [2.24, 2.45) is 11.7 Å². The minimum atomic E-state index is -0.778. The molecular weight excluding hydrogens is 342 g/mol. The zero-order valence-electron chi connectivity index (χ0n) is 17.1. The molecule has 0 aliphatic carbocycles. The predicted octanol–water partition coefficient (Wildman–Crippen LogP) is 3.35. The van der Waals surface area contributed by atoms with Gasteiger partial charge in [0.2, 0.25) is 5.91 Å². The van der Waals surface area contributed by atoms with Crippen molar-refractivity contribution in [3.8, 4) is 0 Å². The van der Waals surface area contributed by atoms with Crippen LogP contribution in [0.15, 0.2) is 24.3 Å². The van der Waals surface area contributed by atoms with Crippen LogP contribution in [0, 0.1) is 12.8 Å². The largest absolute Gasteiger partial charge is 0.459 e. The minimum absolute atomic E-state index is 0.254. The van der Waals surface area contributed by atoms with E-state index in [1.807, 2.05) is 65.8 Å². The molecule has 6 nitrogen and oxygen atoms in total. The summed E-state index contributed by atoms with van der Waals surface area (Å²) in [5, 5.41) is 4.14. The third-order valence-electron chi connectivity index (χ3n) is 4.17. The van der Waals surface area contributed by atoms with Gasteiger partial charge in [-0.05, 0) is 69.2 Å². The number of primary amides is 1. The molecule has 148 valence electrons. The van der Waals surface area contributed by atoms with Crippen LogP contribution in [-0.2, 0) is 14.3 Å². The zero-order chi connectivity index (χ0) is 20.4.